The van der Waals surface area contributed by atoms with Crippen LogP contribution in [0.4, 0.5) is 10.5 Å². The van der Waals surface area contributed by atoms with Crippen molar-refractivity contribution in [3.8, 4) is 0 Å². The Morgan fingerprint density at radius 2 is 1.79 bits per heavy atom. The van der Waals surface area contributed by atoms with E-state index in [1.54, 1.807) is 12.1 Å². The molecule has 3 aromatic carbocycles. The second-order valence-corrected chi connectivity index (χ2v) is 8.31. The first kappa shape index (κ1) is 19.4. The minimum atomic E-state index is -0.465. The zero-order valence-corrected chi connectivity index (χ0v) is 17.5. The lowest BCUT2D eigenvalue weighted by Crippen LogP contribution is -2.36. The third-order valence-corrected chi connectivity index (χ3v) is 5.79. The van der Waals surface area contributed by atoms with E-state index in [1.165, 1.54) is 0 Å². The van der Waals surface area contributed by atoms with Gasteiger partial charge in [-0.05, 0) is 47.0 Å². The first-order valence-corrected chi connectivity index (χ1v) is 10.4. The summed E-state index contributed by atoms with van der Waals surface area (Å²) >= 11 is 4.22. The molecule has 1 heterocycles. The number of nitrogens with zero attached hydrogens (tertiary/aromatic N) is 1. The average Bonchev–Trinajstić information content (AvgIpc) is 2.96. The second-order valence-electron chi connectivity index (χ2n) is 6.40. The summed E-state index contributed by atoms with van der Waals surface area (Å²) in [6.07, 6.45) is 1.65. The number of fused-ring (bicyclic) bond motifs is 1. The van der Waals surface area contributed by atoms with Crippen molar-refractivity contribution in [3.63, 3.8) is 0 Å². The van der Waals surface area contributed by atoms with Crippen molar-refractivity contribution >= 4 is 67.3 Å². The van der Waals surface area contributed by atoms with Gasteiger partial charge >= 0.3 is 0 Å². The van der Waals surface area contributed by atoms with E-state index in [-0.39, 0.29) is 6.54 Å². The largest absolute Gasteiger partial charge is 0.324 e. The van der Waals surface area contributed by atoms with Gasteiger partial charge in [-0.2, -0.15) is 0 Å². The number of halogens is 1. The minimum Gasteiger partial charge on any atom is -0.324 e. The van der Waals surface area contributed by atoms with E-state index in [2.05, 4.69) is 21.2 Å². The van der Waals surface area contributed by atoms with Crippen molar-refractivity contribution in [2.75, 3.05) is 11.9 Å². The van der Waals surface area contributed by atoms with E-state index in [4.69, 9.17) is 0 Å². The van der Waals surface area contributed by atoms with Crippen LogP contribution in [0.25, 0.3) is 16.8 Å². The first-order valence-electron chi connectivity index (χ1n) is 8.80. The summed E-state index contributed by atoms with van der Waals surface area (Å²) in [6, 6.07) is 20.7. The average molecular weight is 467 g/mol. The number of nitrogens with one attached hydrogen (secondary N) is 1. The van der Waals surface area contributed by atoms with Crippen molar-refractivity contribution in [1.29, 1.82) is 0 Å². The maximum atomic E-state index is 12.6. The van der Waals surface area contributed by atoms with Crippen LogP contribution < -0.4 is 5.32 Å². The Bertz CT molecular complexity index is 1170. The summed E-state index contributed by atoms with van der Waals surface area (Å²) in [7, 11) is 0. The number of thioether (sulfide) groups is 1. The van der Waals surface area contributed by atoms with Crippen LogP contribution in [0.3, 0.4) is 0 Å². The molecule has 0 atom stereocenters. The second kappa shape index (κ2) is 8.23. The van der Waals surface area contributed by atoms with Gasteiger partial charge in [0.25, 0.3) is 11.1 Å². The van der Waals surface area contributed by atoms with Crippen LogP contribution in [0, 0.1) is 0 Å². The van der Waals surface area contributed by atoms with E-state index in [0.717, 1.165) is 37.5 Å². The van der Waals surface area contributed by atoms with Crippen LogP contribution in [0.2, 0.25) is 0 Å². The fourth-order valence-corrected chi connectivity index (χ4v) is 4.31. The number of rotatable bonds is 4. The van der Waals surface area contributed by atoms with Crippen LogP contribution in [0.1, 0.15) is 5.56 Å². The van der Waals surface area contributed by atoms with Gasteiger partial charge in [-0.15, -0.1) is 0 Å². The summed E-state index contributed by atoms with van der Waals surface area (Å²) in [5.41, 5.74) is 1.44. The summed E-state index contributed by atoms with van der Waals surface area (Å²) in [5.74, 6) is -0.889. The normalized spacial score (nSPS) is 15.3. The standard InChI is InChI=1S/C22H15BrN2O3S/c23-16-8-3-5-14(11-16)12-19-21(27)25(22(28)29-19)13-20(26)24-18-10-4-7-15-6-1-2-9-17(15)18/h1-12H,13H2,(H,24,26)/b19-12+. The lowest BCUT2D eigenvalue weighted by Gasteiger charge is -2.13. The van der Waals surface area contributed by atoms with Gasteiger partial charge in [-0.1, -0.05) is 64.5 Å². The minimum absolute atomic E-state index is 0.297. The summed E-state index contributed by atoms with van der Waals surface area (Å²) in [4.78, 5) is 38.7. The Balaban J connectivity index is 1.49. The lowest BCUT2D eigenvalue weighted by atomic mass is 10.1. The number of imide groups is 1. The lowest BCUT2D eigenvalue weighted by molar-refractivity contribution is -0.127. The molecule has 1 aliphatic heterocycles. The molecule has 1 N–H and O–H groups in total. The molecule has 0 aliphatic carbocycles. The molecule has 144 valence electrons. The molecule has 0 aromatic heterocycles. The number of hydrogen-bond donors (Lipinski definition) is 1. The third kappa shape index (κ3) is 4.26. The molecule has 1 saturated heterocycles. The molecule has 3 aromatic rings. The maximum Gasteiger partial charge on any atom is 0.294 e. The molecule has 3 amide bonds. The predicted molar refractivity (Wildman–Crippen MR) is 119 cm³/mol. The van der Waals surface area contributed by atoms with Gasteiger partial charge < -0.3 is 5.32 Å². The van der Waals surface area contributed by atoms with Crippen molar-refractivity contribution < 1.29 is 14.4 Å². The fourth-order valence-electron chi connectivity index (χ4n) is 3.05. The van der Waals surface area contributed by atoms with Crippen molar-refractivity contribution in [1.82, 2.24) is 4.90 Å². The molecule has 29 heavy (non-hydrogen) atoms. The topological polar surface area (TPSA) is 66.5 Å². The SMILES string of the molecule is O=C(CN1C(=O)S/C(=C/c2cccc(Br)c2)C1=O)Nc1cccc2ccccc12. The Morgan fingerprint density at radius 3 is 2.62 bits per heavy atom. The molecule has 1 aliphatic rings. The highest BCUT2D eigenvalue weighted by Crippen LogP contribution is 2.32. The van der Waals surface area contributed by atoms with Crippen LogP contribution in [-0.2, 0) is 9.59 Å². The first-order chi connectivity index (χ1) is 14.0. The van der Waals surface area contributed by atoms with E-state index in [9.17, 15) is 14.4 Å². The van der Waals surface area contributed by atoms with Crippen molar-refractivity contribution in [3.05, 3.63) is 81.7 Å². The molecular formula is C22H15BrN2O3S. The van der Waals surface area contributed by atoms with Crippen LogP contribution in [0.5, 0.6) is 0 Å². The van der Waals surface area contributed by atoms with Crippen molar-refractivity contribution in [2.24, 2.45) is 0 Å². The molecule has 0 bridgehead atoms. The van der Waals surface area contributed by atoms with Gasteiger partial charge in [-0.3, -0.25) is 19.3 Å². The molecule has 0 spiro atoms. The zero-order chi connectivity index (χ0) is 20.4. The Hall–Kier alpha value is -2.90. The van der Waals surface area contributed by atoms with Crippen LogP contribution in [-0.4, -0.2) is 28.5 Å². The number of benzene rings is 3. The van der Waals surface area contributed by atoms with Crippen LogP contribution >= 0.6 is 27.7 Å². The van der Waals surface area contributed by atoms with Crippen molar-refractivity contribution in [2.45, 2.75) is 0 Å². The smallest absolute Gasteiger partial charge is 0.294 e. The van der Waals surface area contributed by atoms with Gasteiger partial charge in [0, 0.05) is 15.5 Å². The molecular weight excluding hydrogens is 452 g/mol. The number of hydrogen-bond acceptors (Lipinski definition) is 4. The fraction of sp³-hybridized carbons (Fsp3) is 0.0455. The molecule has 0 radical (unpaired) electrons. The van der Waals surface area contributed by atoms with Crippen LogP contribution in [0.15, 0.2) is 76.1 Å². The Labute approximate surface area is 179 Å². The monoisotopic (exact) mass is 466 g/mol. The third-order valence-electron chi connectivity index (χ3n) is 4.39. The molecule has 4 rings (SSSR count). The van der Waals surface area contributed by atoms with Gasteiger partial charge in [0.15, 0.2) is 0 Å². The Morgan fingerprint density at radius 1 is 1.03 bits per heavy atom. The zero-order valence-electron chi connectivity index (χ0n) is 15.1. The van der Waals surface area contributed by atoms with Gasteiger partial charge in [0.1, 0.15) is 6.54 Å². The molecule has 1 fully saturated rings. The number of carbonyl (C=O) groups excluding carboxylic acids is 3. The summed E-state index contributed by atoms with van der Waals surface area (Å²) in [5, 5.41) is 4.24. The number of amides is 3. The van der Waals surface area contributed by atoms with Gasteiger partial charge in [0.2, 0.25) is 5.91 Å². The molecule has 0 saturated carbocycles. The summed E-state index contributed by atoms with van der Waals surface area (Å²) < 4.78 is 0.875. The van der Waals surface area contributed by atoms with E-state index >= 15 is 0 Å². The van der Waals surface area contributed by atoms with E-state index < -0.39 is 17.1 Å². The highest BCUT2D eigenvalue weighted by atomic mass is 79.9. The quantitative estimate of drug-likeness (QED) is 0.531. The van der Waals surface area contributed by atoms with Gasteiger partial charge in [0.05, 0.1) is 4.91 Å². The molecule has 7 heteroatoms. The number of anilines is 1. The highest BCUT2D eigenvalue weighted by Gasteiger charge is 2.36. The molecule has 5 nitrogen and oxygen atoms in total. The summed E-state index contributed by atoms with van der Waals surface area (Å²) in [6.45, 7) is -0.330. The van der Waals surface area contributed by atoms with E-state index in [0.29, 0.717) is 10.6 Å². The predicted octanol–water partition coefficient (Wildman–Crippen LogP) is 5.28. The van der Waals surface area contributed by atoms with E-state index in [1.807, 2.05) is 60.7 Å². The highest BCUT2D eigenvalue weighted by molar-refractivity contribution is 9.10. The Kier molecular flexibility index (Phi) is 5.51. The van der Waals surface area contributed by atoms with Gasteiger partial charge in [-0.25, -0.2) is 0 Å². The molecule has 0 unspecified atom stereocenters. The maximum absolute atomic E-state index is 12.6. The number of carbonyl (C=O) groups is 3.